The second-order valence-electron chi connectivity index (χ2n) is 3.83. The third-order valence-corrected chi connectivity index (χ3v) is 3.52. The lowest BCUT2D eigenvalue weighted by molar-refractivity contribution is -0.142. The lowest BCUT2D eigenvalue weighted by Gasteiger charge is -2.35. The Labute approximate surface area is 91.9 Å². The maximum Gasteiger partial charge on any atom is 0.306 e. The fourth-order valence-electron chi connectivity index (χ4n) is 1.97. The van der Waals surface area contributed by atoms with E-state index in [1.54, 1.807) is 0 Å². The Bertz CT molecular complexity index is 341. The summed E-state index contributed by atoms with van der Waals surface area (Å²) in [6.07, 6.45) is 2.92. The standard InChI is InChI=1S/C9H13N3O2S/c1-6-4-7(8(13)14)2-3-12(6)9-10-5-11-15-9/h5-7H,2-4H2,1H3,(H,13,14). The van der Waals surface area contributed by atoms with E-state index < -0.39 is 5.97 Å². The van der Waals surface area contributed by atoms with Gasteiger partial charge in [-0.05, 0) is 19.8 Å². The third kappa shape index (κ3) is 2.09. The Morgan fingerprint density at radius 1 is 1.73 bits per heavy atom. The number of aliphatic carboxylic acids is 1. The molecule has 82 valence electrons. The summed E-state index contributed by atoms with van der Waals surface area (Å²) >= 11 is 1.36. The molecule has 1 fully saturated rings. The molecule has 1 aromatic rings. The lowest BCUT2D eigenvalue weighted by atomic mass is 9.92. The van der Waals surface area contributed by atoms with Crippen LogP contribution in [-0.2, 0) is 4.79 Å². The van der Waals surface area contributed by atoms with Crippen molar-refractivity contribution in [1.29, 1.82) is 0 Å². The van der Waals surface area contributed by atoms with E-state index in [0.29, 0.717) is 12.8 Å². The second kappa shape index (κ2) is 4.14. The van der Waals surface area contributed by atoms with Gasteiger partial charge in [0.15, 0.2) is 0 Å². The number of anilines is 1. The average Bonchev–Trinajstić information content (AvgIpc) is 2.70. The van der Waals surface area contributed by atoms with Crippen LogP contribution >= 0.6 is 11.5 Å². The largest absolute Gasteiger partial charge is 0.481 e. The Balaban J connectivity index is 2.04. The van der Waals surface area contributed by atoms with E-state index in [1.807, 2.05) is 6.92 Å². The van der Waals surface area contributed by atoms with Gasteiger partial charge in [-0.3, -0.25) is 4.79 Å². The fraction of sp³-hybridized carbons (Fsp3) is 0.667. The third-order valence-electron chi connectivity index (χ3n) is 2.82. The smallest absolute Gasteiger partial charge is 0.306 e. The minimum Gasteiger partial charge on any atom is -0.481 e. The first kappa shape index (κ1) is 10.4. The average molecular weight is 227 g/mol. The van der Waals surface area contributed by atoms with Crippen molar-refractivity contribution in [3.05, 3.63) is 6.33 Å². The van der Waals surface area contributed by atoms with Gasteiger partial charge in [-0.25, -0.2) is 4.98 Å². The van der Waals surface area contributed by atoms with Gasteiger partial charge in [-0.1, -0.05) is 0 Å². The van der Waals surface area contributed by atoms with Crippen molar-refractivity contribution in [3.8, 4) is 0 Å². The normalized spacial score (nSPS) is 26.6. The highest BCUT2D eigenvalue weighted by atomic mass is 32.1. The molecule has 15 heavy (non-hydrogen) atoms. The van der Waals surface area contributed by atoms with Crippen LogP contribution in [0.25, 0.3) is 0 Å². The van der Waals surface area contributed by atoms with Crippen LogP contribution in [0.2, 0.25) is 0 Å². The molecule has 0 radical (unpaired) electrons. The molecular formula is C9H13N3O2S. The first-order valence-electron chi connectivity index (χ1n) is 4.94. The molecule has 2 rings (SSSR count). The number of hydrogen-bond acceptors (Lipinski definition) is 5. The van der Waals surface area contributed by atoms with Gasteiger partial charge < -0.3 is 10.0 Å². The molecule has 0 aromatic carbocycles. The quantitative estimate of drug-likeness (QED) is 0.823. The highest BCUT2D eigenvalue weighted by Gasteiger charge is 2.30. The summed E-state index contributed by atoms with van der Waals surface area (Å²) in [7, 11) is 0. The summed E-state index contributed by atoms with van der Waals surface area (Å²) in [5.41, 5.74) is 0. The van der Waals surface area contributed by atoms with Crippen LogP contribution in [0.3, 0.4) is 0 Å². The van der Waals surface area contributed by atoms with Gasteiger partial charge in [-0.2, -0.15) is 4.37 Å². The highest BCUT2D eigenvalue weighted by molar-refractivity contribution is 7.09. The maximum absolute atomic E-state index is 10.8. The number of piperidine rings is 1. The predicted molar refractivity (Wildman–Crippen MR) is 57.1 cm³/mol. The molecule has 2 atom stereocenters. The van der Waals surface area contributed by atoms with E-state index in [2.05, 4.69) is 14.3 Å². The van der Waals surface area contributed by atoms with E-state index >= 15 is 0 Å². The summed E-state index contributed by atoms with van der Waals surface area (Å²) in [5, 5.41) is 9.82. The molecule has 0 spiro atoms. The molecule has 1 saturated heterocycles. The molecule has 0 amide bonds. The molecule has 2 heterocycles. The summed E-state index contributed by atoms with van der Waals surface area (Å²) < 4.78 is 3.96. The molecule has 1 N–H and O–H groups in total. The predicted octanol–water partition coefficient (Wildman–Crippen LogP) is 1.23. The van der Waals surface area contributed by atoms with E-state index in [-0.39, 0.29) is 12.0 Å². The molecule has 5 nitrogen and oxygen atoms in total. The topological polar surface area (TPSA) is 66.3 Å². The zero-order chi connectivity index (χ0) is 10.8. The molecule has 2 unspecified atom stereocenters. The van der Waals surface area contributed by atoms with Crippen molar-refractivity contribution in [1.82, 2.24) is 9.36 Å². The molecule has 0 aliphatic carbocycles. The van der Waals surface area contributed by atoms with Crippen molar-refractivity contribution in [2.75, 3.05) is 11.4 Å². The van der Waals surface area contributed by atoms with Crippen LogP contribution in [-0.4, -0.2) is 33.0 Å². The minimum absolute atomic E-state index is 0.204. The molecule has 1 aliphatic heterocycles. The highest BCUT2D eigenvalue weighted by Crippen LogP contribution is 2.28. The number of rotatable bonds is 2. The minimum atomic E-state index is -0.682. The maximum atomic E-state index is 10.8. The molecule has 1 aliphatic rings. The first-order chi connectivity index (χ1) is 7.18. The van der Waals surface area contributed by atoms with E-state index in [1.165, 1.54) is 17.9 Å². The van der Waals surface area contributed by atoms with E-state index in [9.17, 15) is 4.79 Å². The van der Waals surface area contributed by atoms with Crippen LogP contribution in [0, 0.1) is 5.92 Å². The van der Waals surface area contributed by atoms with Gasteiger partial charge in [0.1, 0.15) is 6.33 Å². The van der Waals surface area contributed by atoms with Crippen LogP contribution in [0.1, 0.15) is 19.8 Å². The van der Waals surface area contributed by atoms with Crippen molar-refractivity contribution in [3.63, 3.8) is 0 Å². The van der Waals surface area contributed by atoms with Gasteiger partial charge >= 0.3 is 5.97 Å². The van der Waals surface area contributed by atoms with Gasteiger partial charge in [0.2, 0.25) is 5.13 Å². The van der Waals surface area contributed by atoms with Gasteiger partial charge in [0.05, 0.1) is 5.92 Å². The Kier molecular flexibility index (Phi) is 2.86. The molecule has 0 saturated carbocycles. The van der Waals surface area contributed by atoms with E-state index in [0.717, 1.165) is 11.7 Å². The number of carbonyl (C=O) groups is 1. The van der Waals surface area contributed by atoms with Gasteiger partial charge in [0.25, 0.3) is 0 Å². The zero-order valence-electron chi connectivity index (χ0n) is 8.46. The monoisotopic (exact) mass is 227 g/mol. The first-order valence-corrected chi connectivity index (χ1v) is 5.72. The van der Waals surface area contributed by atoms with E-state index in [4.69, 9.17) is 5.11 Å². The Hall–Kier alpha value is -1.17. The summed E-state index contributed by atoms with van der Waals surface area (Å²) in [6, 6.07) is 0.229. The fourth-order valence-corrected chi connectivity index (χ4v) is 2.63. The van der Waals surface area contributed by atoms with Crippen LogP contribution in [0.5, 0.6) is 0 Å². The summed E-state index contributed by atoms with van der Waals surface area (Å²) in [5.74, 6) is -0.886. The van der Waals surface area contributed by atoms with Crippen molar-refractivity contribution >= 4 is 22.6 Å². The van der Waals surface area contributed by atoms with Crippen LogP contribution in [0.4, 0.5) is 5.13 Å². The number of aromatic nitrogens is 2. The van der Waals surface area contributed by atoms with Crippen molar-refractivity contribution in [2.24, 2.45) is 5.92 Å². The molecule has 0 bridgehead atoms. The Morgan fingerprint density at radius 3 is 3.07 bits per heavy atom. The SMILES string of the molecule is CC1CC(C(=O)O)CCN1c1ncns1. The molecular weight excluding hydrogens is 214 g/mol. The van der Waals surface area contributed by atoms with Crippen molar-refractivity contribution < 1.29 is 9.90 Å². The summed E-state index contributed by atoms with van der Waals surface area (Å²) in [6.45, 7) is 2.80. The number of hydrogen-bond donors (Lipinski definition) is 1. The molecule has 1 aromatic heterocycles. The Morgan fingerprint density at radius 2 is 2.53 bits per heavy atom. The zero-order valence-corrected chi connectivity index (χ0v) is 9.28. The van der Waals surface area contributed by atoms with Gasteiger partial charge in [-0.15, -0.1) is 0 Å². The van der Waals surface area contributed by atoms with Gasteiger partial charge in [0, 0.05) is 24.1 Å². The number of carboxylic acids is 1. The number of nitrogens with zero attached hydrogens (tertiary/aromatic N) is 3. The molecule has 6 heteroatoms. The number of carboxylic acid groups (broad SMARTS) is 1. The lowest BCUT2D eigenvalue weighted by Crippen LogP contribution is -2.42. The van der Waals surface area contributed by atoms with Crippen LogP contribution in [0.15, 0.2) is 6.33 Å². The van der Waals surface area contributed by atoms with Crippen LogP contribution < -0.4 is 4.90 Å². The van der Waals surface area contributed by atoms with Crippen molar-refractivity contribution in [2.45, 2.75) is 25.8 Å². The summed E-state index contributed by atoms with van der Waals surface area (Å²) in [4.78, 5) is 17.1. The second-order valence-corrected chi connectivity index (χ2v) is 4.58.